The summed E-state index contributed by atoms with van der Waals surface area (Å²) in [5.41, 5.74) is 9.36. The normalized spacial score (nSPS) is 21.3. The molecule has 0 unspecified atom stereocenters. The number of hydrogen-bond donors (Lipinski definition) is 0. The molecule has 0 bridgehead atoms. The third-order valence-electron chi connectivity index (χ3n) is 26.9. The Morgan fingerprint density at radius 3 is 1.33 bits per heavy atom. The SMILES string of the molecule is C=CC(=O)N1CCN(c2nc(OC[C@@H]3CCCN3C)nc3c2CCN(c2cccc4ccccc24)C3)C[C@@H]1CCOC.[C-]#[N+]C[C@H]1CN(c2nc(OC[C@@H]3CCCN3C)nc3c2CCN(c2cccc4c2OCC4)C3)CCN1C(=O)C=C.[C-]#[N+]C[C@H]1CN(c2nc(OC[C@@H]3CCCN3C)nc3c2CCN(c2cccc4cccc(C(F)(F)F)c24)C3)CCN1C(=O)C=C. The summed E-state index contributed by atoms with van der Waals surface area (Å²) in [5, 5.41) is 3.19. The fourth-order valence-electron chi connectivity index (χ4n) is 20.0. The molecule has 0 N–H and O–H groups in total. The number of likely N-dealkylation sites (N-methyl/N-ethyl adjacent to an activating group) is 3. The average Bonchev–Trinajstić information content (AvgIpc) is 1.75. The molecule has 6 atom stereocenters. The van der Waals surface area contributed by atoms with Crippen molar-refractivity contribution < 1.29 is 51.2 Å². The standard InChI is InChI=1S/C33H36F3N7O2.C33H42N6O3.C30H37N7O3/c1-4-29(44)43-17-16-42(19-24(43)18-37-2)31-25-13-15-41(20-27(25)38-32(39-31)45-21-23-10-7-14-40(23)3)28-12-6-9-22-8-5-11-26(30(22)28)33(34,35)36;1-4-31(40)39-19-18-38(21-25(39)15-20-41-3)32-28-14-17-37(30-13-7-10-24-9-5-6-12-27(24)30)22-29(28)34-33(35-32)42-23-26-11-8-16-36(26)2;1-4-27(38)37-15-14-36(18-23(37)17-31-2)29-24-10-13-35(26-9-5-7-21-11-16-39-28(21)26)19-25(24)32-30(33-29)40-20-22-8-6-12-34(22)3/h4-6,8-9,11-12,23-24H,1,7,10,13-21H2,3H3;4-7,9-10,12-13,25-26H,1,8,11,14-23H2,2-3H3;4-5,7,9,22-23H,1,6,8,10-20H2,3H3/t23-,24-;25-,26-;22-,23-/m000/s1. The van der Waals surface area contributed by atoms with Crippen LogP contribution < -0.4 is 48.3 Å². The maximum Gasteiger partial charge on any atom is 0.417 e. The molecule has 0 radical (unpaired) electrons. The molecule has 28 nitrogen and oxygen atoms in total. The second-order valence-corrected chi connectivity index (χ2v) is 34.6. The number of anilines is 6. The van der Waals surface area contributed by atoms with Gasteiger partial charge in [0, 0.05) is 156 Å². The van der Waals surface area contributed by atoms with E-state index in [0.717, 1.165) is 142 Å². The van der Waals surface area contributed by atoms with Crippen molar-refractivity contribution in [2.24, 2.45) is 0 Å². The summed E-state index contributed by atoms with van der Waals surface area (Å²) in [6, 6.07) is 32.5. The van der Waals surface area contributed by atoms with E-state index in [-0.39, 0.29) is 72.9 Å². The first kappa shape index (κ1) is 88.5. The van der Waals surface area contributed by atoms with Gasteiger partial charge in [0.25, 0.3) is 0 Å². The topological polar surface area (TPSA) is 222 Å². The summed E-state index contributed by atoms with van der Waals surface area (Å²) < 4.78 is 72.6. The van der Waals surface area contributed by atoms with Gasteiger partial charge in [-0.25, -0.2) is 13.1 Å². The zero-order valence-electron chi connectivity index (χ0n) is 73.4. The van der Waals surface area contributed by atoms with Crippen molar-refractivity contribution in [3.05, 3.63) is 203 Å². The van der Waals surface area contributed by atoms with Gasteiger partial charge in [-0.2, -0.15) is 43.1 Å². The lowest BCUT2D eigenvalue weighted by Gasteiger charge is -2.43. The molecule has 8 aromatic rings. The number of alkyl halides is 3. The van der Waals surface area contributed by atoms with Crippen LogP contribution in [0.5, 0.6) is 23.8 Å². The predicted octanol–water partition coefficient (Wildman–Crippen LogP) is 11.3. The van der Waals surface area contributed by atoms with Crippen LogP contribution in [0.25, 0.3) is 31.2 Å². The van der Waals surface area contributed by atoms with Gasteiger partial charge in [-0.05, 0) is 164 Å². The van der Waals surface area contributed by atoms with Crippen LogP contribution in [-0.4, -0.2) is 286 Å². The molecule has 10 aliphatic heterocycles. The van der Waals surface area contributed by atoms with Crippen LogP contribution in [0, 0.1) is 13.1 Å². The molecule has 31 heteroatoms. The molecule has 3 aromatic heterocycles. The molecular weight excluding hydrogens is 1620 g/mol. The zero-order chi connectivity index (χ0) is 88.4. The van der Waals surface area contributed by atoms with Gasteiger partial charge in [-0.1, -0.05) is 92.5 Å². The summed E-state index contributed by atoms with van der Waals surface area (Å²) in [6.07, 6.45) is 10.1. The van der Waals surface area contributed by atoms with Gasteiger partial charge < -0.3 is 92.2 Å². The van der Waals surface area contributed by atoms with Crippen LogP contribution in [0.1, 0.15) is 89.8 Å². The van der Waals surface area contributed by atoms with Gasteiger partial charge >= 0.3 is 24.2 Å². The van der Waals surface area contributed by atoms with Crippen LogP contribution in [0.15, 0.2) is 135 Å². The molecule has 3 amide bonds. The maximum absolute atomic E-state index is 14.1. The number of rotatable bonds is 23. The number of aromatic nitrogens is 6. The van der Waals surface area contributed by atoms with Gasteiger partial charge in [0.15, 0.2) is 0 Å². The van der Waals surface area contributed by atoms with E-state index in [0.29, 0.717) is 158 Å². The second kappa shape index (κ2) is 40.0. The van der Waals surface area contributed by atoms with E-state index in [1.807, 2.05) is 9.80 Å². The smallest absolute Gasteiger partial charge is 0.417 e. The first-order valence-corrected chi connectivity index (χ1v) is 44.7. The number of carbonyl (C=O) groups is 3. The zero-order valence-corrected chi connectivity index (χ0v) is 73.4. The van der Waals surface area contributed by atoms with E-state index >= 15 is 0 Å². The Kier molecular flexibility index (Phi) is 27.9. The highest BCUT2D eigenvalue weighted by molar-refractivity contribution is 5.98. The van der Waals surface area contributed by atoms with E-state index < -0.39 is 11.7 Å². The lowest BCUT2D eigenvalue weighted by Crippen LogP contribution is -2.56. The Hall–Kier alpha value is -11.9. The quantitative estimate of drug-likeness (QED) is 0.0429. The van der Waals surface area contributed by atoms with Crippen molar-refractivity contribution in [3.8, 4) is 23.8 Å². The summed E-state index contributed by atoms with van der Waals surface area (Å²) in [5.74, 6) is 3.14. The molecule has 5 aromatic carbocycles. The van der Waals surface area contributed by atoms with Crippen LogP contribution in [0.2, 0.25) is 0 Å². The minimum Gasteiger partial charge on any atom is -0.491 e. The number of amides is 3. The first-order valence-electron chi connectivity index (χ1n) is 44.7. The number of fused-ring (bicyclic) bond motifs is 6. The average molecular weight is 1730 g/mol. The lowest BCUT2D eigenvalue weighted by molar-refractivity contribution is -0.136. The molecule has 127 heavy (non-hydrogen) atoms. The molecule has 0 spiro atoms. The number of likely N-dealkylation sites (tertiary alicyclic amines) is 3. The van der Waals surface area contributed by atoms with Crippen molar-refractivity contribution >= 4 is 73.8 Å². The number of nitrogens with zero attached hydrogens (tertiary/aromatic N) is 20. The van der Waals surface area contributed by atoms with Gasteiger partial charge in [0.05, 0.1) is 60.6 Å². The van der Waals surface area contributed by atoms with E-state index in [4.69, 9.17) is 66.7 Å². The van der Waals surface area contributed by atoms with Gasteiger partial charge in [0.1, 0.15) is 55.1 Å². The highest BCUT2D eigenvalue weighted by atomic mass is 19.4. The minimum absolute atomic E-state index is 0.0158. The largest absolute Gasteiger partial charge is 0.491 e. The molecule has 0 saturated carbocycles. The monoisotopic (exact) mass is 1730 g/mol. The molecule has 10 aliphatic rings. The summed E-state index contributed by atoms with van der Waals surface area (Å²) in [7, 11) is 8.07. The van der Waals surface area contributed by atoms with E-state index in [1.165, 1.54) is 64.7 Å². The number of hydrogen-bond acceptors (Lipinski definition) is 23. The van der Waals surface area contributed by atoms with Crippen LogP contribution in [0.4, 0.5) is 47.7 Å². The van der Waals surface area contributed by atoms with Gasteiger partial charge in [0.2, 0.25) is 30.8 Å². The Morgan fingerprint density at radius 1 is 0.472 bits per heavy atom. The summed E-state index contributed by atoms with van der Waals surface area (Å²) >= 11 is 0. The molecule has 13 heterocycles. The van der Waals surface area contributed by atoms with Crippen LogP contribution in [0.3, 0.4) is 0 Å². The maximum atomic E-state index is 14.1. The molecule has 668 valence electrons. The van der Waals surface area contributed by atoms with E-state index in [1.54, 1.807) is 41.2 Å². The van der Waals surface area contributed by atoms with Crippen molar-refractivity contribution in [1.29, 1.82) is 0 Å². The van der Waals surface area contributed by atoms with Gasteiger partial charge in [-0.15, -0.1) is 0 Å². The van der Waals surface area contributed by atoms with Crippen molar-refractivity contribution in [2.45, 2.75) is 133 Å². The number of ether oxygens (including phenoxy) is 5. The van der Waals surface area contributed by atoms with E-state index in [2.05, 4.69) is 150 Å². The Balaban J connectivity index is 0.000000140. The number of piperazine rings is 3. The molecule has 6 fully saturated rings. The number of benzene rings is 5. The first-order chi connectivity index (χ1) is 61.8. The minimum atomic E-state index is -4.50. The fourth-order valence-corrected chi connectivity index (χ4v) is 20.0. The number of halogens is 3. The Labute approximate surface area is 741 Å². The Morgan fingerprint density at radius 2 is 0.882 bits per heavy atom. The van der Waals surface area contributed by atoms with Crippen molar-refractivity contribution in [1.82, 2.24) is 59.3 Å². The number of para-hydroxylation sites is 1. The molecule has 6 saturated heterocycles. The number of methoxy groups -OCH3 is 1. The second-order valence-electron chi connectivity index (χ2n) is 34.6. The Bertz CT molecular complexity index is 5430. The van der Waals surface area contributed by atoms with Crippen LogP contribution in [-0.2, 0) is 70.6 Å². The van der Waals surface area contributed by atoms with Gasteiger partial charge in [-0.3, -0.25) is 14.4 Å². The fraction of sp³-hybridized carbons (Fsp3) is 0.490. The van der Waals surface area contributed by atoms with Crippen molar-refractivity contribution in [2.75, 3.05) is 202 Å². The summed E-state index contributed by atoms with van der Waals surface area (Å²) in [4.78, 5) is 100. The predicted molar refractivity (Wildman–Crippen MR) is 486 cm³/mol. The molecular formula is C96H115F3N20O8. The highest BCUT2D eigenvalue weighted by Gasteiger charge is 2.41. The van der Waals surface area contributed by atoms with Crippen molar-refractivity contribution in [3.63, 3.8) is 0 Å². The highest BCUT2D eigenvalue weighted by Crippen LogP contribution is 2.44. The lowest BCUT2D eigenvalue weighted by atomic mass is 9.98. The molecule has 18 rings (SSSR count). The van der Waals surface area contributed by atoms with Crippen LogP contribution >= 0.6 is 0 Å². The number of carbonyl (C=O) groups excluding carboxylic acids is 3. The third-order valence-corrected chi connectivity index (χ3v) is 26.9. The molecule has 0 aliphatic carbocycles. The third kappa shape index (κ3) is 19.7. The summed E-state index contributed by atoms with van der Waals surface area (Å²) in [6.45, 7) is 41.2. The van der Waals surface area contributed by atoms with E-state index in [9.17, 15) is 27.6 Å².